The van der Waals surface area contributed by atoms with Gasteiger partial charge in [-0.05, 0) is 83.5 Å². The van der Waals surface area contributed by atoms with E-state index in [0.29, 0.717) is 6.42 Å². The molecule has 53 heavy (non-hydrogen) atoms. The quantitative estimate of drug-likeness (QED) is 0.0284. The summed E-state index contributed by atoms with van der Waals surface area (Å²) in [4.78, 5) is 22.6. The molecule has 302 valence electrons. The molecule has 8 nitrogen and oxygen atoms in total. The number of unbranched alkanes of at least 4 members (excludes halogenated alkanes) is 10. The zero-order valence-electron chi connectivity index (χ0n) is 33.2. The molecule has 3 unspecified atom stereocenters. The van der Waals surface area contributed by atoms with E-state index in [2.05, 4.69) is 104 Å². The number of carbonyl (C=O) groups excluding carboxylic acids is 1. The van der Waals surface area contributed by atoms with Crippen molar-refractivity contribution in [1.29, 1.82) is 0 Å². The monoisotopic (exact) mass is 759 g/mol. The molecule has 0 aliphatic heterocycles. The third-order valence-corrected chi connectivity index (χ3v) is 9.13. The van der Waals surface area contributed by atoms with Gasteiger partial charge in [0.25, 0.3) is 0 Å². The Balaban J connectivity index is 4.41. The van der Waals surface area contributed by atoms with Gasteiger partial charge in [0.05, 0.1) is 25.4 Å². The van der Waals surface area contributed by atoms with Crippen LogP contribution in [-0.2, 0) is 18.4 Å². The molecular formula is C44H75N2O6P. The Hall–Kier alpha value is -2.58. The summed E-state index contributed by atoms with van der Waals surface area (Å²) in [5, 5.41) is 13.6. The zero-order valence-corrected chi connectivity index (χ0v) is 34.1. The fourth-order valence-electron chi connectivity index (χ4n) is 5.09. The first-order valence-corrected chi connectivity index (χ1v) is 21.9. The Kier molecular flexibility index (Phi) is 37.2. The molecule has 3 atom stereocenters. The molecule has 0 aromatic rings. The molecule has 9 heteroatoms. The first kappa shape index (κ1) is 50.4. The van der Waals surface area contributed by atoms with Crippen molar-refractivity contribution >= 4 is 13.7 Å². The smallest absolute Gasteiger partial charge is 0.387 e. The summed E-state index contributed by atoms with van der Waals surface area (Å²) in [6.45, 7) is 3.92. The number of phosphoric acid groups is 1. The van der Waals surface area contributed by atoms with Gasteiger partial charge in [-0.2, -0.15) is 0 Å². The van der Waals surface area contributed by atoms with E-state index in [9.17, 15) is 19.4 Å². The predicted octanol–water partition coefficient (Wildman–Crippen LogP) is 11.2. The highest BCUT2D eigenvalue weighted by Crippen LogP contribution is 2.43. The summed E-state index contributed by atoms with van der Waals surface area (Å²) in [6, 6.07) is -0.906. The standard InChI is InChI=1S/C44H75N2O6P/c1-3-5-7-9-11-13-15-17-18-19-20-21-22-23-24-26-28-30-32-34-36-38-44(48)46-42(41-52-53(49,50)51-40-39-45)43(47)37-35-33-31-29-27-25-16-14-12-10-8-6-4-2/h5,7,11,13,17-18,20-21,23-24,27-30,35,37,42-43,47H,3-4,6,8-10,12,14-16,19,22,25-26,31-34,36,38-41,45H2,1-2H3,(H,46,48)(H,49,50)/b7-5-,13-11-,18-17-,21-20-,24-23-,29-27+,30-28-,37-35+. The molecule has 0 radical (unpaired) electrons. The zero-order chi connectivity index (χ0) is 38.9. The summed E-state index contributed by atoms with van der Waals surface area (Å²) in [6.07, 6.45) is 53.2. The maximum Gasteiger partial charge on any atom is 0.472 e. The number of nitrogens with one attached hydrogen (secondary N) is 1. The van der Waals surface area contributed by atoms with Crippen molar-refractivity contribution in [3.8, 4) is 0 Å². The van der Waals surface area contributed by atoms with Crippen molar-refractivity contribution in [1.82, 2.24) is 5.32 Å². The van der Waals surface area contributed by atoms with Gasteiger partial charge in [0.2, 0.25) is 5.91 Å². The number of allylic oxidation sites excluding steroid dienone is 15. The number of phosphoric ester groups is 1. The summed E-state index contributed by atoms with van der Waals surface area (Å²) < 4.78 is 22.0. The number of hydrogen-bond acceptors (Lipinski definition) is 6. The molecule has 0 fully saturated rings. The second kappa shape index (κ2) is 39.1. The van der Waals surface area contributed by atoms with E-state index in [1.54, 1.807) is 6.08 Å². The maximum atomic E-state index is 12.7. The summed E-state index contributed by atoms with van der Waals surface area (Å²) in [5.74, 6) is -0.252. The third-order valence-electron chi connectivity index (χ3n) is 8.14. The van der Waals surface area contributed by atoms with E-state index < -0.39 is 20.0 Å². The third kappa shape index (κ3) is 37.5. The predicted molar refractivity (Wildman–Crippen MR) is 226 cm³/mol. The number of aliphatic hydroxyl groups is 1. The number of carbonyl (C=O) groups is 1. The van der Waals surface area contributed by atoms with Gasteiger partial charge in [0.15, 0.2) is 0 Å². The van der Waals surface area contributed by atoms with Gasteiger partial charge in [0, 0.05) is 13.0 Å². The number of aliphatic hydroxyl groups excluding tert-OH is 1. The van der Waals surface area contributed by atoms with Crippen LogP contribution in [-0.4, -0.2) is 47.8 Å². The van der Waals surface area contributed by atoms with Crippen molar-refractivity contribution in [2.75, 3.05) is 19.8 Å². The molecule has 0 bridgehead atoms. The van der Waals surface area contributed by atoms with E-state index in [-0.39, 0.29) is 32.1 Å². The minimum absolute atomic E-state index is 0.0610. The first-order valence-electron chi connectivity index (χ1n) is 20.4. The molecule has 0 saturated heterocycles. The maximum absolute atomic E-state index is 12.7. The SMILES string of the molecule is CC/C=C\C/C=C\C/C=C\C/C=C\C/C=C\C/C=C\CCCCC(=O)NC(COP(=O)(O)OCCN)C(O)/C=C/CC/C=C/CCCCCCCCC. The van der Waals surface area contributed by atoms with Crippen LogP contribution in [0.25, 0.3) is 0 Å². The van der Waals surface area contributed by atoms with E-state index >= 15 is 0 Å². The van der Waals surface area contributed by atoms with Gasteiger partial charge in [-0.3, -0.25) is 13.8 Å². The van der Waals surface area contributed by atoms with Crippen LogP contribution >= 0.6 is 7.82 Å². The molecule has 0 aromatic carbocycles. The van der Waals surface area contributed by atoms with Crippen LogP contribution in [0.3, 0.4) is 0 Å². The lowest BCUT2D eigenvalue weighted by Gasteiger charge is -2.23. The largest absolute Gasteiger partial charge is 0.472 e. The number of amides is 1. The summed E-state index contributed by atoms with van der Waals surface area (Å²) >= 11 is 0. The van der Waals surface area contributed by atoms with Gasteiger partial charge in [-0.25, -0.2) is 4.57 Å². The Morgan fingerprint density at radius 1 is 0.642 bits per heavy atom. The summed E-state index contributed by atoms with van der Waals surface area (Å²) in [5.41, 5.74) is 5.36. The Morgan fingerprint density at radius 3 is 1.68 bits per heavy atom. The van der Waals surface area contributed by atoms with Gasteiger partial charge < -0.3 is 21.1 Å². The van der Waals surface area contributed by atoms with E-state index in [1.807, 2.05) is 6.08 Å². The van der Waals surface area contributed by atoms with Crippen LogP contribution in [0.1, 0.15) is 142 Å². The molecule has 0 spiro atoms. The highest BCUT2D eigenvalue weighted by atomic mass is 31.2. The van der Waals surface area contributed by atoms with Gasteiger partial charge in [-0.15, -0.1) is 0 Å². The van der Waals surface area contributed by atoms with Crippen molar-refractivity contribution in [2.24, 2.45) is 5.73 Å². The Labute approximate surface area is 323 Å². The second-order valence-corrected chi connectivity index (χ2v) is 14.6. The molecule has 0 heterocycles. The highest BCUT2D eigenvalue weighted by Gasteiger charge is 2.26. The van der Waals surface area contributed by atoms with Crippen LogP contribution in [0.4, 0.5) is 0 Å². The van der Waals surface area contributed by atoms with E-state index in [1.165, 1.54) is 44.9 Å². The normalized spacial score (nSPS) is 15.2. The molecule has 0 aliphatic rings. The topological polar surface area (TPSA) is 131 Å². The van der Waals surface area contributed by atoms with Crippen molar-refractivity contribution in [3.63, 3.8) is 0 Å². The average Bonchev–Trinajstić information content (AvgIpc) is 3.14. The van der Waals surface area contributed by atoms with E-state index in [4.69, 9.17) is 14.8 Å². The lowest BCUT2D eigenvalue weighted by atomic mass is 10.1. The number of rotatable bonds is 36. The van der Waals surface area contributed by atoms with E-state index in [0.717, 1.165) is 70.6 Å². The van der Waals surface area contributed by atoms with Crippen LogP contribution in [0, 0.1) is 0 Å². The fraction of sp³-hybridized carbons (Fsp3) is 0.614. The molecule has 5 N–H and O–H groups in total. The Bertz CT molecular complexity index is 1140. The molecule has 0 aliphatic carbocycles. The number of hydrogen-bond donors (Lipinski definition) is 4. The average molecular weight is 759 g/mol. The van der Waals surface area contributed by atoms with Gasteiger partial charge >= 0.3 is 7.82 Å². The van der Waals surface area contributed by atoms with Crippen LogP contribution < -0.4 is 11.1 Å². The minimum atomic E-state index is -4.36. The van der Waals surface area contributed by atoms with Crippen LogP contribution in [0.15, 0.2) is 97.2 Å². The van der Waals surface area contributed by atoms with Crippen LogP contribution in [0.5, 0.6) is 0 Å². The van der Waals surface area contributed by atoms with Crippen molar-refractivity contribution in [2.45, 2.75) is 154 Å². The molecular weight excluding hydrogens is 683 g/mol. The van der Waals surface area contributed by atoms with Crippen molar-refractivity contribution in [3.05, 3.63) is 97.2 Å². The Morgan fingerprint density at radius 2 is 1.11 bits per heavy atom. The van der Waals surface area contributed by atoms with Crippen molar-refractivity contribution < 1.29 is 28.4 Å². The lowest BCUT2D eigenvalue weighted by molar-refractivity contribution is -0.123. The van der Waals surface area contributed by atoms with Gasteiger partial charge in [-0.1, -0.05) is 150 Å². The molecule has 1 amide bonds. The second-order valence-electron chi connectivity index (χ2n) is 13.1. The lowest BCUT2D eigenvalue weighted by Crippen LogP contribution is -2.45. The van der Waals surface area contributed by atoms with Crippen LogP contribution in [0.2, 0.25) is 0 Å². The fourth-order valence-corrected chi connectivity index (χ4v) is 5.85. The first-order chi connectivity index (χ1) is 25.9. The molecule has 0 aromatic heterocycles. The molecule has 0 rings (SSSR count). The highest BCUT2D eigenvalue weighted by molar-refractivity contribution is 7.47. The summed E-state index contributed by atoms with van der Waals surface area (Å²) in [7, 11) is -4.36. The minimum Gasteiger partial charge on any atom is -0.387 e. The number of nitrogens with two attached hydrogens (primary N) is 1. The molecule has 0 saturated carbocycles. The van der Waals surface area contributed by atoms with Gasteiger partial charge in [0.1, 0.15) is 0 Å².